The molecular formula is C29H30F6N4O5. The SMILES string of the molecule is C=C/C=C(\C=C)COC1(C(F)(F)F)CC/C=C\CCC(=O)c2nc(c(NC(=O)OC(C)(C)C)cc2C(F)(F)F)-c2nnc1o2. The largest absolute Gasteiger partial charge is 0.444 e. The normalized spacial score (nSPS) is 19.1. The molecule has 1 atom stereocenters. The summed E-state index contributed by atoms with van der Waals surface area (Å²) < 4.78 is 103. The van der Waals surface area contributed by atoms with Gasteiger partial charge in [0.25, 0.3) is 11.8 Å². The number of rotatable bonds is 6. The maximum absolute atomic E-state index is 14.8. The number of alkyl halides is 6. The van der Waals surface area contributed by atoms with Gasteiger partial charge in [-0.3, -0.25) is 10.1 Å². The van der Waals surface area contributed by atoms with Crippen LogP contribution in [0.5, 0.6) is 0 Å². The Morgan fingerprint density at radius 3 is 2.36 bits per heavy atom. The molecule has 44 heavy (non-hydrogen) atoms. The summed E-state index contributed by atoms with van der Waals surface area (Å²) in [6, 6.07) is 0.412. The van der Waals surface area contributed by atoms with Crippen LogP contribution >= 0.6 is 0 Å². The second-order valence-corrected chi connectivity index (χ2v) is 10.6. The van der Waals surface area contributed by atoms with E-state index in [4.69, 9.17) is 13.9 Å². The lowest BCUT2D eigenvalue weighted by molar-refractivity contribution is -0.292. The Balaban J connectivity index is 2.30. The average Bonchev–Trinajstić information content (AvgIpc) is 3.38. The molecular weight excluding hydrogens is 598 g/mol. The highest BCUT2D eigenvalue weighted by molar-refractivity contribution is 5.98. The first-order chi connectivity index (χ1) is 20.4. The molecule has 9 nitrogen and oxygen atoms in total. The van der Waals surface area contributed by atoms with Crippen molar-refractivity contribution in [3.63, 3.8) is 0 Å². The number of allylic oxidation sites excluding steroid dienone is 4. The van der Waals surface area contributed by atoms with Crippen molar-refractivity contribution in [2.45, 2.75) is 70.0 Å². The van der Waals surface area contributed by atoms with Gasteiger partial charge in [0.15, 0.2) is 11.5 Å². The zero-order valence-corrected chi connectivity index (χ0v) is 24.1. The van der Waals surface area contributed by atoms with Crippen LogP contribution in [0.1, 0.15) is 68.4 Å². The minimum absolute atomic E-state index is 0.0913. The van der Waals surface area contributed by atoms with Gasteiger partial charge in [-0.15, -0.1) is 10.2 Å². The van der Waals surface area contributed by atoms with Gasteiger partial charge in [0.1, 0.15) is 11.3 Å². The number of pyridine rings is 1. The third kappa shape index (κ3) is 8.01. The summed E-state index contributed by atoms with van der Waals surface area (Å²) in [5.41, 5.74) is -7.94. The fraction of sp³-hybridized carbons (Fsp3) is 0.414. The Kier molecular flexibility index (Phi) is 10.2. The van der Waals surface area contributed by atoms with Crippen LogP contribution in [-0.2, 0) is 21.3 Å². The van der Waals surface area contributed by atoms with Gasteiger partial charge in [-0.05, 0) is 51.7 Å². The van der Waals surface area contributed by atoms with Gasteiger partial charge in [0.05, 0.1) is 17.9 Å². The van der Waals surface area contributed by atoms with E-state index in [2.05, 4.69) is 33.7 Å². The Morgan fingerprint density at radius 1 is 1.09 bits per heavy atom. The topological polar surface area (TPSA) is 116 Å². The molecule has 0 saturated carbocycles. The van der Waals surface area contributed by atoms with E-state index in [1.807, 2.05) is 0 Å². The highest BCUT2D eigenvalue weighted by atomic mass is 19.4. The van der Waals surface area contributed by atoms with E-state index in [0.717, 1.165) is 0 Å². The number of hydrogen-bond acceptors (Lipinski definition) is 8. The molecule has 0 aromatic carbocycles. The molecule has 0 spiro atoms. The van der Waals surface area contributed by atoms with E-state index in [0.29, 0.717) is 6.07 Å². The molecule has 4 bridgehead atoms. The monoisotopic (exact) mass is 628 g/mol. The molecule has 0 radical (unpaired) electrons. The molecule has 3 rings (SSSR count). The van der Waals surface area contributed by atoms with E-state index in [9.17, 15) is 35.9 Å². The standard InChI is InChI=1S/C29H30F6N4O5/c1-6-12-17(7-2)16-42-27(29(33,34)35)14-11-9-8-10-13-20(40)21-18(28(30,31)32)15-19(36-25(41)44-26(3,4)5)22(37-21)23-38-39-24(27)43-23/h6-9,12,15H,1-2,10-11,13-14,16H2,3-5H3,(H,36,41)/b9-8-,17-12+. The van der Waals surface area contributed by atoms with Crippen LogP contribution < -0.4 is 5.32 Å². The van der Waals surface area contributed by atoms with Crippen LogP contribution in [0, 0.1) is 0 Å². The third-order valence-electron chi connectivity index (χ3n) is 6.11. The molecule has 15 heteroatoms. The number of carbonyl (C=O) groups is 2. The van der Waals surface area contributed by atoms with Crippen molar-refractivity contribution in [2.75, 3.05) is 11.9 Å². The Labute approximate surface area is 248 Å². The molecule has 1 N–H and O–H groups in total. The van der Waals surface area contributed by atoms with Gasteiger partial charge in [-0.1, -0.05) is 43.5 Å². The quantitative estimate of drug-likeness (QED) is 0.195. The zero-order chi connectivity index (χ0) is 32.9. The van der Waals surface area contributed by atoms with Gasteiger partial charge in [-0.2, -0.15) is 26.3 Å². The Hall–Kier alpha value is -4.27. The first kappa shape index (κ1) is 34.2. The van der Waals surface area contributed by atoms with E-state index in [1.165, 1.54) is 51.2 Å². The second kappa shape index (κ2) is 13.2. The van der Waals surface area contributed by atoms with Crippen molar-refractivity contribution < 1.29 is 49.8 Å². The second-order valence-electron chi connectivity index (χ2n) is 10.6. The van der Waals surface area contributed by atoms with E-state index < -0.39 is 89.3 Å². The molecule has 1 aliphatic rings. The van der Waals surface area contributed by atoms with Crippen LogP contribution in [0.15, 0.2) is 59.6 Å². The minimum Gasteiger partial charge on any atom is -0.444 e. The molecule has 0 aliphatic carbocycles. The lowest BCUT2D eigenvalue weighted by Crippen LogP contribution is -2.45. The smallest absolute Gasteiger partial charge is 0.426 e. The summed E-state index contributed by atoms with van der Waals surface area (Å²) in [6.45, 7) is 10.9. The van der Waals surface area contributed by atoms with Gasteiger partial charge < -0.3 is 13.9 Å². The third-order valence-corrected chi connectivity index (χ3v) is 6.11. The predicted molar refractivity (Wildman–Crippen MR) is 146 cm³/mol. The molecule has 1 aliphatic heterocycles. The van der Waals surface area contributed by atoms with Gasteiger partial charge >= 0.3 is 18.4 Å². The molecule has 2 aromatic heterocycles. The van der Waals surface area contributed by atoms with Crippen molar-refractivity contribution in [3.8, 4) is 11.6 Å². The summed E-state index contributed by atoms with van der Waals surface area (Å²) in [4.78, 5) is 29.3. The van der Waals surface area contributed by atoms with Gasteiger partial charge in [0, 0.05) is 6.42 Å². The first-order valence-electron chi connectivity index (χ1n) is 13.2. The average molecular weight is 629 g/mol. The molecule has 3 heterocycles. The predicted octanol–water partition coefficient (Wildman–Crippen LogP) is 7.88. The molecule has 1 unspecified atom stereocenters. The Morgan fingerprint density at radius 2 is 1.77 bits per heavy atom. The number of amides is 1. The van der Waals surface area contributed by atoms with Crippen LogP contribution in [-0.4, -0.2) is 45.4 Å². The van der Waals surface area contributed by atoms with Crippen LogP contribution in [0.3, 0.4) is 0 Å². The Bertz CT molecular complexity index is 1470. The van der Waals surface area contributed by atoms with Crippen molar-refractivity contribution in [3.05, 3.63) is 72.3 Å². The number of fused-ring (bicyclic) bond motifs is 5. The summed E-state index contributed by atoms with van der Waals surface area (Å²) in [5, 5.41) is 9.28. The van der Waals surface area contributed by atoms with Crippen molar-refractivity contribution >= 4 is 17.6 Å². The maximum atomic E-state index is 14.8. The number of anilines is 1. The number of aromatic nitrogens is 3. The lowest BCUT2D eigenvalue weighted by atomic mass is 9.95. The molecule has 0 fully saturated rings. The van der Waals surface area contributed by atoms with E-state index in [-0.39, 0.29) is 18.4 Å². The number of ketones is 1. The number of nitrogens with zero attached hydrogens (tertiary/aromatic N) is 3. The van der Waals surface area contributed by atoms with Gasteiger partial charge in [0.2, 0.25) is 5.60 Å². The van der Waals surface area contributed by atoms with Crippen molar-refractivity contribution in [2.24, 2.45) is 0 Å². The molecule has 0 saturated heterocycles. The van der Waals surface area contributed by atoms with E-state index in [1.54, 1.807) is 0 Å². The number of Topliss-reactive ketones (excluding diaryl/α,β-unsaturated/α-hetero) is 1. The zero-order valence-electron chi connectivity index (χ0n) is 24.1. The van der Waals surface area contributed by atoms with Crippen LogP contribution in [0.25, 0.3) is 11.6 Å². The number of nitrogens with one attached hydrogen (secondary N) is 1. The molecule has 2 aromatic rings. The number of ether oxygens (including phenoxy) is 2. The number of hydrogen-bond donors (Lipinski definition) is 1. The highest BCUT2D eigenvalue weighted by Crippen LogP contribution is 2.47. The van der Waals surface area contributed by atoms with Crippen molar-refractivity contribution in [1.82, 2.24) is 15.2 Å². The van der Waals surface area contributed by atoms with Crippen LogP contribution in [0.2, 0.25) is 0 Å². The first-order valence-corrected chi connectivity index (χ1v) is 13.2. The fourth-order valence-corrected chi connectivity index (χ4v) is 4.07. The highest BCUT2D eigenvalue weighted by Gasteiger charge is 2.61. The summed E-state index contributed by atoms with van der Waals surface area (Å²) >= 11 is 0. The number of halogens is 6. The number of carbonyl (C=O) groups excluding carboxylic acids is 2. The summed E-state index contributed by atoms with van der Waals surface area (Å²) in [7, 11) is 0. The van der Waals surface area contributed by atoms with Crippen LogP contribution in [0.4, 0.5) is 36.8 Å². The van der Waals surface area contributed by atoms with Crippen molar-refractivity contribution in [1.29, 1.82) is 0 Å². The fourth-order valence-electron chi connectivity index (χ4n) is 4.07. The van der Waals surface area contributed by atoms with Gasteiger partial charge in [-0.25, -0.2) is 9.78 Å². The summed E-state index contributed by atoms with van der Waals surface area (Å²) in [6.07, 6.45) is -6.29. The lowest BCUT2D eigenvalue weighted by Gasteiger charge is -2.32. The van der Waals surface area contributed by atoms with E-state index >= 15 is 0 Å². The maximum Gasteiger partial charge on any atom is 0.426 e. The molecule has 1 amide bonds. The summed E-state index contributed by atoms with van der Waals surface area (Å²) in [5.74, 6) is -2.91. The minimum atomic E-state index is -5.13. The molecule has 238 valence electrons.